The fourth-order valence-electron chi connectivity index (χ4n) is 6.24. The van der Waals surface area contributed by atoms with Crippen LogP contribution in [0.4, 0.5) is 0 Å². The number of fused-ring (bicyclic) bond motifs is 2. The molecule has 2 aromatic carbocycles. The molecule has 6 heteroatoms. The molecular weight excluding hydrogens is 506 g/mol. The summed E-state index contributed by atoms with van der Waals surface area (Å²) in [7, 11) is 0. The summed E-state index contributed by atoms with van der Waals surface area (Å²) in [5.41, 5.74) is 5.86. The van der Waals surface area contributed by atoms with Gasteiger partial charge in [-0.25, -0.2) is 0 Å². The number of nitrogens with one attached hydrogen (secondary N) is 1. The van der Waals surface area contributed by atoms with Gasteiger partial charge >= 0.3 is 0 Å². The largest absolute Gasteiger partial charge is 0.349 e. The van der Waals surface area contributed by atoms with Crippen LogP contribution in [0.3, 0.4) is 0 Å². The lowest BCUT2D eigenvalue weighted by Crippen LogP contribution is -2.38. The van der Waals surface area contributed by atoms with Gasteiger partial charge in [-0.3, -0.25) is 14.6 Å². The fraction of sp³-hybridized carbons (Fsp3) is 0.485. The number of halogens is 1. The van der Waals surface area contributed by atoms with Gasteiger partial charge in [0.25, 0.3) is 5.91 Å². The number of benzene rings is 2. The number of pyridine rings is 1. The van der Waals surface area contributed by atoms with E-state index in [2.05, 4.69) is 34.3 Å². The lowest BCUT2D eigenvalue weighted by molar-refractivity contribution is 0.0920. The fourth-order valence-corrected chi connectivity index (χ4v) is 6.45. The molecule has 0 saturated heterocycles. The highest BCUT2D eigenvalue weighted by Gasteiger charge is 2.25. The first kappa shape index (κ1) is 27.8. The molecule has 2 heterocycles. The van der Waals surface area contributed by atoms with Crippen molar-refractivity contribution < 1.29 is 9.59 Å². The Kier molecular flexibility index (Phi) is 8.99. The van der Waals surface area contributed by atoms with Crippen LogP contribution in [0.15, 0.2) is 42.5 Å². The maximum absolute atomic E-state index is 13.1. The molecule has 0 atom stereocenters. The number of amides is 1. The summed E-state index contributed by atoms with van der Waals surface area (Å²) in [6.45, 7) is 7.26. The quantitative estimate of drug-likeness (QED) is 0.311. The highest BCUT2D eigenvalue weighted by atomic mass is 35.5. The Morgan fingerprint density at radius 1 is 1.00 bits per heavy atom. The van der Waals surface area contributed by atoms with E-state index in [1.807, 2.05) is 31.2 Å². The maximum Gasteiger partial charge on any atom is 0.252 e. The predicted octanol–water partition coefficient (Wildman–Crippen LogP) is 6.96. The van der Waals surface area contributed by atoms with E-state index in [4.69, 9.17) is 11.6 Å². The van der Waals surface area contributed by atoms with Gasteiger partial charge in [-0.15, -0.1) is 0 Å². The molecule has 1 saturated carbocycles. The van der Waals surface area contributed by atoms with E-state index >= 15 is 0 Å². The molecule has 1 aliphatic heterocycles. The molecular formula is C33H40ClN3O2. The number of aryl methyl sites for hydroxylation is 1. The van der Waals surface area contributed by atoms with Crippen LogP contribution < -0.4 is 5.32 Å². The van der Waals surface area contributed by atoms with Crippen molar-refractivity contribution in [3.05, 3.63) is 75.4 Å². The summed E-state index contributed by atoms with van der Waals surface area (Å²) in [6.07, 6.45) is 9.19. The lowest BCUT2D eigenvalue weighted by Gasteiger charge is -2.31. The SMILES string of the molecule is CCCC(=O)c1ccc2c(c1)CCN(CCC1CCC(NC(=O)c3ccc(Cl)c4nc(C)ccc34)CC1)CC2. The van der Waals surface area contributed by atoms with Gasteiger partial charge in [0.05, 0.1) is 10.5 Å². The van der Waals surface area contributed by atoms with E-state index in [-0.39, 0.29) is 17.7 Å². The smallest absolute Gasteiger partial charge is 0.252 e. The van der Waals surface area contributed by atoms with Crippen molar-refractivity contribution in [1.82, 2.24) is 15.2 Å². The Balaban J connectivity index is 1.09. The Hall–Kier alpha value is -2.76. The second-order valence-corrected chi connectivity index (χ2v) is 11.8. The maximum atomic E-state index is 13.1. The third-order valence-corrected chi connectivity index (χ3v) is 8.93. The minimum atomic E-state index is -0.0329. The zero-order chi connectivity index (χ0) is 27.4. The van der Waals surface area contributed by atoms with Crippen LogP contribution in [0, 0.1) is 12.8 Å². The van der Waals surface area contributed by atoms with Crippen molar-refractivity contribution in [2.24, 2.45) is 5.92 Å². The standard InChI is InChI=1S/C33H40ClN3O2/c1-3-4-31(38)26-9-8-24-16-19-37(20-17-25(24)21-26)18-15-23-6-10-27(11-7-23)36-33(39)29-13-14-30(34)32-28(29)12-5-22(2)35-32/h5,8-9,12-14,21,23,27H,3-4,6-7,10-11,15-20H2,1-2H3,(H,36,39). The molecule has 1 fully saturated rings. The second kappa shape index (κ2) is 12.6. The predicted molar refractivity (Wildman–Crippen MR) is 159 cm³/mol. The number of ketones is 1. The van der Waals surface area contributed by atoms with E-state index in [1.54, 1.807) is 6.07 Å². The van der Waals surface area contributed by atoms with Crippen molar-refractivity contribution in [1.29, 1.82) is 0 Å². The van der Waals surface area contributed by atoms with Crippen LogP contribution >= 0.6 is 11.6 Å². The number of nitrogens with zero attached hydrogens (tertiary/aromatic N) is 2. The van der Waals surface area contributed by atoms with Crippen LogP contribution in [0.2, 0.25) is 5.02 Å². The van der Waals surface area contributed by atoms with E-state index < -0.39 is 0 Å². The highest BCUT2D eigenvalue weighted by molar-refractivity contribution is 6.35. The summed E-state index contributed by atoms with van der Waals surface area (Å²) >= 11 is 6.35. The number of aromatic nitrogens is 1. The Morgan fingerprint density at radius 3 is 2.54 bits per heavy atom. The van der Waals surface area contributed by atoms with Crippen molar-refractivity contribution >= 4 is 34.2 Å². The molecule has 0 radical (unpaired) electrons. The second-order valence-electron chi connectivity index (χ2n) is 11.4. The Morgan fingerprint density at radius 2 is 1.77 bits per heavy atom. The van der Waals surface area contributed by atoms with Gasteiger partial charge in [-0.2, -0.15) is 0 Å². The normalized spacial score (nSPS) is 19.9. The van der Waals surface area contributed by atoms with Crippen LogP contribution in [-0.2, 0) is 12.8 Å². The molecule has 1 aromatic heterocycles. The van der Waals surface area contributed by atoms with Crippen molar-refractivity contribution in [3.63, 3.8) is 0 Å². The van der Waals surface area contributed by atoms with Gasteiger partial charge < -0.3 is 10.2 Å². The first-order chi connectivity index (χ1) is 18.9. The summed E-state index contributed by atoms with van der Waals surface area (Å²) in [4.78, 5) is 32.6. The third kappa shape index (κ3) is 6.70. The summed E-state index contributed by atoms with van der Waals surface area (Å²) < 4.78 is 0. The number of hydrogen-bond acceptors (Lipinski definition) is 4. The van der Waals surface area contributed by atoms with E-state index in [1.165, 1.54) is 17.5 Å². The molecule has 5 nitrogen and oxygen atoms in total. The Labute approximate surface area is 237 Å². The average molecular weight is 546 g/mol. The molecule has 0 bridgehead atoms. The van der Waals surface area contributed by atoms with Crippen LogP contribution in [-0.4, -0.2) is 47.3 Å². The lowest BCUT2D eigenvalue weighted by atomic mass is 9.84. The number of carbonyl (C=O) groups is 2. The zero-order valence-corrected chi connectivity index (χ0v) is 24.0. The van der Waals surface area contributed by atoms with Gasteiger partial charge in [-0.1, -0.05) is 36.7 Å². The van der Waals surface area contributed by atoms with Gasteiger partial charge in [0, 0.05) is 47.8 Å². The molecule has 2 aliphatic rings. The number of hydrogen-bond donors (Lipinski definition) is 1. The number of Topliss-reactive ketones (excluding diaryl/α,β-unsaturated/α-hetero) is 1. The molecule has 1 amide bonds. The van der Waals surface area contributed by atoms with Crippen molar-refractivity contribution in [3.8, 4) is 0 Å². The number of carbonyl (C=O) groups excluding carboxylic acids is 2. The minimum Gasteiger partial charge on any atom is -0.349 e. The van der Waals surface area contributed by atoms with E-state index in [0.717, 1.165) is 81.2 Å². The van der Waals surface area contributed by atoms with Crippen LogP contribution in [0.1, 0.15) is 89.4 Å². The van der Waals surface area contributed by atoms with Crippen LogP contribution in [0.25, 0.3) is 10.9 Å². The van der Waals surface area contributed by atoms with Crippen molar-refractivity contribution in [2.45, 2.75) is 77.7 Å². The first-order valence-corrected chi connectivity index (χ1v) is 15.0. The van der Waals surface area contributed by atoms with Gasteiger partial charge in [-0.05, 0) is 106 Å². The molecule has 39 heavy (non-hydrogen) atoms. The topological polar surface area (TPSA) is 62.3 Å². The summed E-state index contributed by atoms with van der Waals surface area (Å²) in [6, 6.07) is 14.0. The van der Waals surface area contributed by atoms with Gasteiger partial charge in [0.2, 0.25) is 0 Å². The van der Waals surface area contributed by atoms with Crippen molar-refractivity contribution in [2.75, 3.05) is 19.6 Å². The molecule has 1 aliphatic carbocycles. The van der Waals surface area contributed by atoms with Crippen LogP contribution in [0.5, 0.6) is 0 Å². The van der Waals surface area contributed by atoms with Gasteiger partial charge in [0.1, 0.15) is 0 Å². The highest BCUT2D eigenvalue weighted by Crippen LogP contribution is 2.29. The molecule has 0 spiro atoms. The van der Waals surface area contributed by atoms with E-state index in [0.29, 0.717) is 28.4 Å². The molecule has 1 N–H and O–H groups in total. The molecule has 5 rings (SSSR count). The summed E-state index contributed by atoms with van der Waals surface area (Å²) in [5.74, 6) is 0.946. The monoisotopic (exact) mass is 545 g/mol. The third-order valence-electron chi connectivity index (χ3n) is 8.63. The van der Waals surface area contributed by atoms with Gasteiger partial charge in [0.15, 0.2) is 5.78 Å². The molecule has 206 valence electrons. The molecule has 3 aromatic rings. The number of rotatable bonds is 8. The minimum absolute atomic E-state index is 0.0329. The first-order valence-electron chi connectivity index (χ1n) is 14.7. The molecule has 0 unspecified atom stereocenters. The zero-order valence-electron chi connectivity index (χ0n) is 23.3. The van der Waals surface area contributed by atoms with E-state index in [9.17, 15) is 9.59 Å². The Bertz CT molecular complexity index is 1350. The summed E-state index contributed by atoms with van der Waals surface area (Å²) in [5, 5.41) is 4.66. The average Bonchev–Trinajstić information content (AvgIpc) is 3.15.